The average molecular weight is 598 g/mol. The third-order valence-electron chi connectivity index (χ3n) is 4.05. The Morgan fingerprint density at radius 3 is 1.11 bits per heavy atom. The molecule has 0 fully saturated rings. The van der Waals surface area contributed by atoms with E-state index in [0.29, 0.717) is 13.2 Å². The van der Waals surface area contributed by atoms with Gasteiger partial charge in [-0.25, -0.2) is 0 Å². The monoisotopic (exact) mass is 598 g/mol. The summed E-state index contributed by atoms with van der Waals surface area (Å²) < 4.78 is 13.2. The molecule has 0 N–H and O–H groups in total. The molecule has 6 heteroatoms. The number of hydrogen-bond acceptors (Lipinski definition) is 2. The van der Waals surface area contributed by atoms with Crippen molar-refractivity contribution in [1.82, 2.24) is 8.97 Å². The Morgan fingerprint density at radius 2 is 0.852 bits per heavy atom. The molecule has 0 heterocycles. The molecule has 0 unspecified atom stereocenters. The van der Waals surface area contributed by atoms with Crippen LogP contribution in [0.5, 0.6) is 11.5 Å². The first-order valence-corrected chi connectivity index (χ1v) is 8.76. The lowest BCUT2D eigenvalue weighted by atomic mass is 10.2. The largest absolute Gasteiger partial charge is 1.00 e. The van der Waals surface area contributed by atoms with Gasteiger partial charge in [0.2, 0.25) is 0 Å². The van der Waals surface area contributed by atoms with Crippen molar-refractivity contribution in [3.63, 3.8) is 0 Å². The molecule has 0 bridgehead atoms. The minimum atomic E-state index is 0. The summed E-state index contributed by atoms with van der Waals surface area (Å²) in [5, 5.41) is 0. The molecule has 152 valence electrons. The van der Waals surface area contributed by atoms with E-state index in [4.69, 9.17) is 9.47 Å². The van der Waals surface area contributed by atoms with Crippen LogP contribution in [-0.4, -0.2) is 55.5 Å². The molecule has 0 amide bonds. The van der Waals surface area contributed by atoms with Gasteiger partial charge in [-0.1, -0.05) is 0 Å². The molecule has 0 saturated carbocycles. The molecular weight excluding hydrogens is 566 g/mol. The van der Waals surface area contributed by atoms with Crippen molar-refractivity contribution < 1.29 is 57.4 Å². The lowest BCUT2D eigenvalue weighted by Crippen LogP contribution is -3.00. The number of ether oxygens (including phenoxy) is 2. The van der Waals surface area contributed by atoms with Gasteiger partial charge in [0.1, 0.15) is 22.9 Å². The van der Waals surface area contributed by atoms with Gasteiger partial charge in [0.15, 0.2) is 0 Å². The highest BCUT2D eigenvalue weighted by Gasteiger charge is 2.12. The molecule has 2 aromatic carbocycles. The van der Waals surface area contributed by atoms with E-state index in [9.17, 15) is 0 Å². The number of benzene rings is 2. The smallest absolute Gasteiger partial charge is 0.132 e. The normalized spacial score (nSPS) is 11.2. The van der Waals surface area contributed by atoms with E-state index < -0.39 is 0 Å². The summed E-state index contributed by atoms with van der Waals surface area (Å²) in [7, 11) is 12.9. The maximum Gasteiger partial charge on any atom is 0.132 e. The number of quaternary nitrogens is 2. The first-order chi connectivity index (χ1) is 11.7. The lowest BCUT2D eigenvalue weighted by molar-refractivity contribution is -0.00100. The molecule has 0 aliphatic heterocycles. The highest BCUT2D eigenvalue weighted by molar-refractivity contribution is 5.45. The Bertz CT molecular complexity index is 601. The maximum atomic E-state index is 5.79. The van der Waals surface area contributed by atoms with Crippen LogP contribution in [-0.2, 0) is 0 Å². The molecule has 4 nitrogen and oxygen atoms in total. The van der Waals surface area contributed by atoms with E-state index in [1.165, 1.54) is 11.4 Å². The summed E-state index contributed by atoms with van der Waals surface area (Å²) in [6.45, 7) is 1.31. The summed E-state index contributed by atoms with van der Waals surface area (Å²) >= 11 is 0. The van der Waals surface area contributed by atoms with E-state index in [-0.39, 0.29) is 48.0 Å². The van der Waals surface area contributed by atoms with Crippen molar-refractivity contribution >= 4 is 11.4 Å². The Hall–Kier alpha value is -0.580. The van der Waals surface area contributed by atoms with E-state index in [2.05, 4.69) is 66.6 Å². The number of rotatable bonds is 8. The first kappa shape index (κ1) is 26.4. The summed E-state index contributed by atoms with van der Waals surface area (Å²) in [5.74, 6) is 1.81. The molecule has 2 rings (SSSR count). The van der Waals surface area contributed by atoms with Gasteiger partial charge in [0.25, 0.3) is 0 Å². The summed E-state index contributed by atoms with van der Waals surface area (Å²) in [5.41, 5.74) is 2.51. The van der Waals surface area contributed by atoms with E-state index in [1.54, 1.807) is 0 Å². The summed E-state index contributed by atoms with van der Waals surface area (Å²) in [4.78, 5) is 0. The third kappa shape index (κ3) is 8.97. The second kappa shape index (κ2) is 11.4. The van der Waals surface area contributed by atoms with Crippen LogP contribution in [0, 0.1) is 0 Å². The van der Waals surface area contributed by atoms with Gasteiger partial charge < -0.3 is 57.4 Å². The van der Waals surface area contributed by atoms with Gasteiger partial charge in [0, 0.05) is 30.7 Å². The van der Waals surface area contributed by atoms with Crippen molar-refractivity contribution in [2.24, 2.45) is 0 Å². The molecule has 27 heavy (non-hydrogen) atoms. The van der Waals surface area contributed by atoms with Gasteiger partial charge in [-0.2, -0.15) is 0 Å². The third-order valence-corrected chi connectivity index (χ3v) is 4.05. The van der Waals surface area contributed by atoms with Crippen LogP contribution in [0.1, 0.15) is 6.42 Å². The first-order valence-electron chi connectivity index (χ1n) is 8.76. The van der Waals surface area contributed by atoms with Crippen molar-refractivity contribution in [3.05, 3.63) is 48.5 Å². The van der Waals surface area contributed by atoms with Gasteiger partial charge in [-0.3, -0.25) is 8.97 Å². The highest BCUT2D eigenvalue weighted by Crippen LogP contribution is 2.22. The number of nitrogens with zero attached hydrogens (tertiary/aromatic N) is 2. The second-order valence-electron chi connectivity index (χ2n) is 8.06. The van der Waals surface area contributed by atoms with Crippen molar-refractivity contribution in [2.45, 2.75) is 6.42 Å². The molecule has 0 spiro atoms. The van der Waals surface area contributed by atoms with Crippen molar-refractivity contribution in [2.75, 3.05) is 55.5 Å². The highest BCUT2D eigenvalue weighted by atomic mass is 127. The quantitative estimate of drug-likeness (QED) is 0.198. The summed E-state index contributed by atoms with van der Waals surface area (Å²) in [6, 6.07) is 16.6. The average Bonchev–Trinajstić information content (AvgIpc) is 2.54. The molecule has 0 aromatic heterocycles. The van der Waals surface area contributed by atoms with Crippen LogP contribution in [0.2, 0.25) is 0 Å². The van der Waals surface area contributed by atoms with Crippen molar-refractivity contribution in [1.29, 1.82) is 0 Å². The zero-order chi connectivity index (χ0) is 18.5. The molecular formula is C21H32I2N2O2. The molecule has 0 atom stereocenters. The standard InChI is InChI=1S/C21H32N2O2.2HI/c1-22(2,3)18-8-12-20(13-9-18)24-16-7-17-25-21-14-10-19(11-15-21)23(4,5)6;;/h8-15H,7,16-17H2,1-6H3;2*1H/q+2;;/p-2. The van der Waals surface area contributed by atoms with Gasteiger partial charge in [-0.15, -0.1) is 0 Å². The van der Waals surface area contributed by atoms with E-state index >= 15 is 0 Å². The topological polar surface area (TPSA) is 18.5 Å². The predicted octanol–water partition coefficient (Wildman–Crippen LogP) is -2.06. The maximum absolute atomic E-state index is 5.79. The van der Waals surface area contributed by atoms with Crippen molar-refractivity contribution in [3.8, 4) is 11.5 Å². The number of hydrogen-bond donors (Lipinski definition) is 0. The summed E-state index contributed by atoms with van der Waals surface area (Å²) in [6.07, 6.45) is 0.855. The minimum absolute atomic E-state index is 0. The SMILES string of the molecule is C[N+](C)(C)c1ccc(OCCCOc2ccc([N+](C)(C)C)cc2)cc1.[I-].[I-]. The van der Waals surface area contributed by atoms with Gasteiger partial charge >= 0.3 is 0 Å². The van der Waals surface area contributed by atoms with Crippen LogP contribution >= 0.6 is 0 Å². The Labute approximate surface area is 198 Å². The number of halogens is 2. The molecule has 0 saturated heterocycles. The zero-order valence-electron chi connectivity index (χ0n) is 17.2. The molecule has 2 aromatic rings. The van der Waals surface area contributed by atoms with Crippen LogP contribution in [0.3, 0.4) is 0 Å². The fourth-order valence-electron chi connectivity index (χ4n) is 2.42. The van der Waals surface area contributed by atoms with Crippen LogP contribution in [0.4, 0.5) is 11.4 Å². The van der Waals surface area contributed by atoms with E-state index in [0.717, 1.165) is 26.9 Å². The second-order valence-corrected chi connectivity index (χ2v) is 8.06. The molecule has 0 aliphatic rings. The Kier molecular flexibility index (Phi) is 11.2. The van der Waals surface area contributed by atoms with Crippen LogP contribution in [0.25, 0.3) is 0 Å². The van der Waals surface area contributed by atoms with Gasteiger partial charge in [0.05, 0.1) is 55.5 Å². The van der Waals surface area contributed by atoms with E-state index in [1.807, 2.05) is 24.3 Å². The predicted molar refractivity (Wildman–Crippen MR) is 108 cm³/mol. The zero-order valence-corrected chi connectivity index (χ0v) is 21.5. The fraction of sp³-hybridized carbons (Fsp3) is 0.429. The Balaban J connectivity index is 0.00000338. The van der Waals surface area contributed by atoms with Crippen LogP contribution in [0.15, 0.2) is 48.5 Å². The molecule has 0 aliphatic carbocycles. The lowest BCUT2D eigenvalue weighted by Gasteiger charge is -2.23. The fourth-order valence-corrected chi connectivity index (χ4v) is 2.42. The molecule has 0 radical (unpaired) electrons. The van der Waals surface area contributed by atoms with Gasteiger partial charge in [-0.05, 0) is 24.3 Å². The van der Waals surface area contributed by atoms with Crippen LogP contribution < -0.4 is 66.4 Å². The Morgan fingerprint density at radius 1 is 0.556 bits per heavy atom. The minimum Gasteiger partial charge on any atom is -1.00 e.